The lowest BCUT2D eigenvalue weighted by Gasteiger charge is -2.18. The molecule has 0 spiro atoms. The van der Waals surface area contributed by atoms with Gasteiger partial charge in [-0.1, -0.05) is 13.8 Å². The van der Waals surface area contributed by atoms with E-state index in [4.69, 9.17) is 10.5 Å². The van der Waals surface area contributed by atoms with Crippen molar-refractivity contribution in [1.82, 2.24) is 5.32 Å². The number of nitrogens with one attached hydrogen (secondary N) is 1. The molecule has 0 bridgehead atoms. The van der Waals surface area contributed by atoms with E-state index in [-0.39, 0.29) is 24.8 Å². The molecule has 1 aromatic carbocycles. The summed E-state index contributed by atoms with van der Waals surface area (Å²) in [6.07, 6.45) is 0.281. The Kier molecular flexibility index (Phi) is 5.69. The minimum absolute atomic E-state index is 0.0632. The van der Waals surface area contributed by atoms with Crippen LogP contribution < -0.4 is 15.8 Å². The highest BCUT2D eigenvalue weighted by atomic mass is 19.1. The molecule has 0 fully saturated rings. The van der Waals surface area contributed by atoms with Crippen LogP contribution in [0.4, 0.5) is 8.78 Å². The van der Waals surface area contributed by atoms with E-state index in [9.17, 15) is 13.6 Å². The Morgan fingerprint density at radius 1 is 1.42 bits per heavy atom. The second kappa shape index (κ2) is 7.04. The van der Waals surface area contributed by atoms with Crippen LogP contribution in [0.2, 0.25) is 0 Å². The zero-order valence-electron chi connectivity index (χ0n) is 11.0. The Hall–Kier alpha value is -1.69. The molecule has 1 rings (SSSR count). The van der Waals surface area contributed by atoms with Gasteiger partial charge in [0.05, 0.1) is 12.6 Å². The average Bonchev–Trinajstić information content (AvgIpc) is 2.31. The second-order valence-electron chi connectivity index (χ2n) is 4.49. The maximum Gasteiger partial charge on any atom is 0.234 e. The van der Waals surface area contributed by atoms with Crippen LogP contribution in [0.15, 0.2) is 18.2 Å². The van der Waals surface area contributed by atoms with Crippen LogP contribution in [0.5, 0.6) is 5.75 Å². The summed E-state index contributed by atoms with van der Waals surface area (Å²) in [5, 5.41) is 2.97. The smallest absolute Gasteiger partial charge is 0.234 e. The lowest BCUT2D eigenvalue weighted by molar-refractivity contribution is -0.120. The Morgan fingerprint density at radius 2 is 2.11 bits per heavy atom. The van der Waals surface area contributed by atoms with Gasteiger partial charge in [0.15, 0.2) is 11.6 Å². The first-order valence-corrected chi connectivity index (χ1v) is 6.03. The molecule has 3 N–H and O–H groups in total. The Morgan fingerprint density at radius 3 is 2.68 bits per heavy atom. The molecule has 1 atom stereocenters. The zero-order valence-corrected chi connectivity index (χ0v) is 11.0. The van der Waals surface area contributed by atoms with Crippen molar-refractivity contribution in [1.29, 1.82) is 0 Å². The van der Waals surface area contributed by atoms with E-state index in [0.29, 0.717) is 0 Å². The van der Waals surface area contributed by atoms with Crippen LogP contribution in [0.1, 0.15) is 20.3 Å². The normalized spacial score (nSPS) is 12.5. The predicted octanol–water partition coefficient (Wildman–Crippen LogP) is 1.59. The fraction of sp³-hybridized carbons (Fsp3) is 0.462. The van der Waals surface area contributed by atoms with Gasteiger partial charge < -0.3 is 15.8 Å². The van der Waals surface area contributed by atoms with Gasteiger partial charge in [-0.2, -0.15) is 0 Å². The topological polar surface area (TPSA) is 64.3 Å². The third kappa shape index (κ3) is 5.21. The van der Waals surface area contributed by atoms with Gasteiger partial charge >= 0.3 is 0 Å². The van der Waals surface area contributed by atoms with Gasteiger partial charge in [-0.05, 0) is 12.1 Å². The molecule has 0 saturated carbocycles. The van der Waals surface area contributed by atoms with Crippen LogP contribution in [0, 0.1) is 11.6 Å². The van der Waals surface area contributed by atoms with Crippen molar-refractivity contribution < 1.29 is 18.3 Å². The summed E-state index contributed by atoms with van der Waals surface area (Å²) in [5.41, 5.74) is 5.23. The van der Waals surface area contributed by atoms with Gasteiger partial charge in [0, 0.05) is 18.5 Å². The summed E-state index contributed by atoms with van der Waals surface area (Å²) in [5.74, 6) is -1.90. The average molecular weight is 272 g/mol. The monoisotopic (exact) mass is 272 g/mol. The van der Waals surface area contributed by atoms with Crippen LogP contribution in [-0.4, -0.2) is 24.6 Å². The molecule has 0 saturated heterocycles. The molecule has 1 unspecified atom stereocenters. The number of rotatable bonds is 7. The number of ether oxygens (including phenoxy) is 1. The first-order valence-electron chi connectivity index (χ1n) is 6.03. The van der Waals surface area contributed by atoms with Crippen LogP contribution >= 0.6 is 0 Å². The molecule has 19 heavy (non-hydrogen) atoms. The standard InChI is InChI=1S/C13H18F2N2O2/c1-8(2)17-11(13(16)18)5-6-19-12-7-9(14)3-4-10(12)15/h3-4,7-8,11,17H,5-6H2,1-2H3,(H2,16,18). The highest BCUT2D eigenvalue weighted by Crippen LogP contribution is 2.18. The van der Waals surface area contributed by atoms with Crippen molar-refractivity contribution in [3.8, 4) is 5.75 Å². The fourth-order valence-corrected chi connectivity index (χ4v) is 1.58. The van der Waals surface area contributed by atoms with Crippen molar-refractivity contribution in [3.05, 3.63) is 29.8 Å². The Labute approximate surface area is 110 Å². The molecule has 0 radical (unpaired) electrons. The molecule has 0 aliphatic carbocycles. The second-order valence-corrected chi connectivity index (χ2v) is 4.49. The van der Waals surface area contributed by atoms with Gasteiger partial charge in [-0.3, -0.25) is 4.79 Å². The molecule has 1 amide bonds. The minimum atomic E-state index is -0.645. The Bertz CT molecular complexity index is 439. The number of primary amides is 1. The van der Waals surface area contributed by atoms with E-state index in [1.54, 1.807) is 0 Å². The van der Waals surface area contributed by atoms with Gasteiger partial charge in [-0.25, -0.2) is 8.78 Å². The maximum atomic E-state index is 13.3. The molecule has 0 aromatic heterocycles. The first-order chi connectivity index (χ1) is 8.90. The number of hydrogen-bond donors (Lipinski definition) is 2. The number of carbonyl (C=O) groups is 1. The molecule has 1 aromatic rings. The summed E-state index contributed by atoms with van der Waals surface area (Å²) >= 11 is 0. The number of nitrogens with two attached hydrogens (primary N) is 1. The fourth-order valence-electron chi connectivity index (χ4n) is 1.58. The number of carbonyl (C=O) groups excluding carboxylic acids is 1. The summed E-state index contributed by atoms with van der Waals surface area (Å²) in [7, 11) is 0. The highest BCUT2D eigenvalue weighted by molar-refractivity contribution is 5.79. The number of hydrogen-bond acceptors (Lipinski definition) is 3. The van der Waals surface area contributed by atoms with Gasteiger partial charge in [0.2, 0.25) is 5.91 Å². The molecule has 6 heteroatoms. The van der Waals surface area contributed by atoms with Crippen LogP contribution in [0.3, 0.4) is 0 Å². The lowest BCUT2D eigenvalue weighted by atomic mass is 10.2. The summed E-state index contributed by atoms with van der Waals surface area (Å²) in [4.78, 5) is 11.2. The summed E-state index contributed by atoms with van der Waals surface area (Å²) < 4.78 is 31.3. The van der Waals surface area contributed by atoms with E-state index in [2.05, 4.69) is 5.32 Å². The molecule has 0 aliphatic rings. The first kappa shape index (κ1) is 15.4. The molecule has 4 nitrogen and oxygen atoms in total. The summed E-state index contributed by atoms with van der Waals surface area (Å²) in [6.45, 7) is 3.82. The van der Waals surface area contributed by atoms with E-state index >= 15 is 0 Å². The molecule has 0 aliphatic heterocycles. The van der Waals surface area contributed by atoms with Gasteiger partial charge in [-0.15, -0.1) is 0 Å². The SMILES string of the molecule is CC(C)NC(CCOc1cc(F)ccc1F)C(N)=O. The van der Waals surface area contributed by atoms with E-state index in [1.165, 1.54) is 0 Å². The highest BCUT2D eigenvalue weighted by Gasteiger charge is 2.16. The van der Waals surface area contributed by atoms with Crippen molar-refractivity contribution in [3.63, 3.8) is 0 Å². The van der Waals surface area contributed by atoms with E-state index in [1.807, 2.05) is 13.8 Å². The maximum absolute atomic E-state index is 13.3. The number of halogens is 2. The van der Waals surface area contributed by atoms with Gasteiger partial charge in [0.1, 0.15) is 5.82 Å². The number of benzene rings is 1. The molecule has 0 heterocycles. The zero-order chi connectivity index (χ0) is 14.4. The summed E-state index contributed by atoms with van der Waals surface area (Å²) in [6, 6.07) is 2.49. The van der Waals surface area contributed by atoms with Crippen molar-refractivity contribution >= 4 is 5.91 Å². The molecular formula is C13H18F2N2O2. The Balaban J connectivity index is 2.52. The van der Waals surface area contributed by atoms with Crippen LogP contribution in [-0.2, 0) is 4.79 Å². The largest absolute Gasteiger partial charge is 0.490 e. The quantitative estimate of drug-likeness (QED) is 0.792. The molecule has 106 valence electrons. The van der Waals surface area contributed by atoms with Crippen LogP contribution in [0.25, 0.3) is 0 Å². The van der Waals surface area contributed by atoms with E-state index < -0.39 is 23.6 Å². The third-order valence-corrected chi connectivity index (χ3v) is 2.44. The predicted molar refractivity (Wildman–Crippen MR) is 67.7 cm³/mol. The third-order valence-electron chi connectivity index (χ3n) is 2.44. The van der Waals surface area contributed by atoms with Crippen molar-refractivity contribution in [2.24, 2.45) is 5.73 Å². The molecular weight excluding hydrogens is 254 g/mol. The van der Waals surface area contributed by atoms with E-state index in [0.717, 1.165) is 18.2 Å². The number of amides is 1. The minimum Gasteiger partial charge on any atom is -0.490 e. The van der Waals surface area contributed by atoms with Gasteiger partial charge in [0.25, 0.3) is 0 Å². The lowest BCUT2D eigenvalue weighted by Crippen LogP contribution is -2.45. The van der Waals surface area contributed by atoms with Crippen molar-refractivity contribution in [2.75, 3.05) is 6.61 Å². The van der Waals surface area contributed by atoms with Crippen molar-refractivity contribution in [2.45, 2.75) is 32.4 Å².